The Morgan fingerprint density at radius 1 is 1.31 bits per heavy atom. The monoisotopic (exact) mass is 355 g/mol. The Hall–Kier alpha value is -2.24. The van der Waals surface area contributed by atoms with E-state index in [-0.39, 0.29) is 17.4 Å². The molecule has 140 valence electrons. The Labute approximate surface area is 155 Å². The van der Waals surface area contributed by atoms with Crippen LogP contribution in [-0.2, 0) is 11.2 Å². The predicted octanol–water partition coefficient (Wildman–Crippen LogP) is 3.36. The Balaban J connectivity index is 1.70. The van der Waals surface area contributed by atoms with Gasteiger partial charge in [0.2, 0.25) is 5.91 Å². The maximum absolute atomic E-state index is 12.5. The molecule has 1 saturated heterocycles. The van der Waals surface area contributed by atoms with Crippen LogP contribution < -0.4 is 0 Å². The standard InChI is InChI=1S/C20H29N5O/c1-14(2)25-18(6-8-22-25)17-12-21-11-16(23-17)10-15-7-9-24(13-15)19(26)20(3,4)5/h6,8,11-12,14-15H,7,9-10,13H2,1-5H3. The van der Waals surface area contributed by atoms with Crippen LogP contribution in [-0.4, -0.2) is 43.6 Å². The van der Waals surface area contributed by atoms with Crippen molar-refractivity contribution in [3.63, 3.8) is 0 Å². The van der Waals surface area contributed by atoms with Gasteiger partial charge in [-0.15, -0.1) is 0 Å². The third-order valence-electron chi connectivity index (χ3n) is 4.82. The van der Waals surface area contributed by atoms with Gasteiger partial charge in [0.1, 0.15) is 5.69 Å². The highest BCUT2D eigenvalue weighted by molar-refractivity contribution is 5.81. The van der Waals surface area contributed by atoms with Crippen LogP contribution in [0.2, 0.25) is 0 Å². The molecule has 0 aromatic carbocycles. The Kier molecular flexibility index (Phi) is 5.12. The van der Waals surface area contributed by atoms with Crippen LogP contribution >= 0.6 is 0 Å². The summed E-state index contributed by atoms with van der Waals surface area (Å²) in [5, 5.41) is 4.38. The van der Waals surface area contributed by atoms with Crippen molar-refractivity contribution in [3.05, 3.63) is 30.4 Å². The van der Waals surface area contributed by atoms with Gasteiger partial charge >= 0.3 is 0 Å². The molecule has 0 saturated carbocycles. The molecule has 26 heavy (non-hydrogen) atoms. The van der Waals surface area contributed by atoms with E-state index in [2.05, 4.69) is 23.9 Å². The summed E-state index contributed by atoms with van der Waals surface area (Å²) in [5.74, 6) is 0.682. The number of aromatic nitrogens is 4. The number of hydrogen-bond donors (Lipinski definition) is 0. The molecule has 1 aliphatic heterocycles. The fraction of sp³-hybridized carbons (Fsp3) is 0.600. The SMILES string of the molecule is CC(C)n1nccc1-c1cncc(CC2CCN(C(=O)C(C)(C)C)C2)n1. The smallest absolute Gasteiger partial charge is 0.227 e. The number of amides is 1. The largest absolute Gasteiger partial charge is 0.342 e. The minimum atomic E-state index is -0.316. The van der Waals surface area contributed by atoms with E-state index in [1.807, 2.05) is 42.6 Å². The second-order valence-electron chi connectivity index (χ2n) is 8.51. The summed E-state index contributed by atoms with van der Waals surface area (Å²) in [6, 6.07) is 2.25. The van der Waals surface area contributed by atoms with Crippen molar-refractivity contribution in [1.82, 2.24) is 24.6 Å². The van der Waals surface area contributed by atoms with E-state index in [1.54, 1.807) is 12.4 Å². The van der Waals surface area contributed by atoms with E-state index in [4.69, 9.17) is 4.98 Å². The van der Waals surface area contributed by atoms with Gasteiger partial charge in [0.25, 0.3) is 0 Å². The van der Waals surface area contributed by atoms with Gasteiger partial charge in [0, 0.05) is 36.9 Å². The summed E-state index contributed by atoms with van der Waals surface area (Å²) >= 11 is 0. The quantitative estimate of drug-likeness (QED) is 0.843. The molecule has 2 aromatic heterocycles. The van der Waals surface area contributed by atoms with Crippen LogP contribution in [0.15, 0.2) is 24.7 Å². The zero-order valence-electron chi connectivity index (χ0n) is 16.4. The minimum absolute atomic E-state index is 0.237. The van der Waals surface area contributed by atoms with Gasteiger partial charge in [0.05, 0.1) is 17.6 Å². The van der Waals surface area contributed by atoms with Crippen LogP contribution in [0, 0.1) is 11.3 Å². The lowest BCUT2D eigenvalue weighted by Gasteiger charge is -2.25. The third-order valence-corrected chi connectivity index (χ3v) is 4.82. The number of hydrogen-bond acceptors (Lipinski definition) is 4. The maximum Gasteiger partial charge on any atom is 0.227 e. The van der Waals surface area contributed by atoms with E-state index >= 15 is 0 Å². The fourth-order valence-corrected chi connectivity index (χ4v) is 3.51. The van der Waals surface area contributed by atoms with Crippen LogP contribution in [0.5, 0.6) is 0 Å². The van der Waals surface area contributed by atoms with Gasteiger partial charge in [-0.2, -0.15) is 5.10 Å². The predicted molar refractivity (Wildman–Crippen MR) is 101 cm³/mol. The van der Waals surface area contributed by atoms with Gasteiger partial charge in [-0.25, -0.2) is 4.98 Å². The molecule has 1 unspecified atom stereocenters. The first kappa shape index (κ1) is 18.5. The summed E-state index contributed by atoms with van der Waals surface area (Å²) in [6.07, 6.45) is 7.32. The van der Waals surface area contributed by atoms with Crippen LogP contribution in [0.25, 0.3) is 11.4 Å². The average molecular weight is 355 g/mol. The molecule has 0 radical (unpaired) electrons. The number of rotatable bonds is 4. The molecule has 3 rings (SSSR count). The Morgan fingerprint density at radius 2 is 2.08 bits per heavy atom. The highest BCUT2D eigenvalue weighted by atomic mass is 16.2. The molecular weight excluding hydrogens is 326 g/mol. The summed E-state index contributed by atoms with van der Waals surface area (Å²) < 4.78 is 1.97. The number of carbonyl (C=O) groups excluding carboxylic acids is 1. The van der Waals surface area contributed by atoms with E-state index in [0.29, 0.717) is 5.92 Å². The summed E-state index contributed by atoms with van der Waals surface area (Å²) in [4.78, 5) is 23.7. The molecule has 6 heteroatoms. The molecule has 6 nitrogen and oxygen atoms in total. The lowest BCUT2D eigenvalue weighted by atomic mass is 9.95. The van der Waals surface area contributed by atoms with Crippen molar-refractivity contribution in [3.8, 4) is 11.4 Å². The molecule has 0 spiro atoms. The summed E-state index contributed by atoms with van der Waals surface area (Å²) in [7, 11) is 0. The van der Waals surface area contributed by atoms with Gasteiger partial charge in [-0.1, -0.05) is 20.8 Å². The molecular formula is C20H29N5O. The van der Waals surface area contributed by atoms with Crippen molar-refractivity contribution in [2.75, 3.05) is 13.1 Å². The average Bonchev–Trinajstić information content (AvgIpc) is 3.22. The van der Waals surface area contributed by atoms with E-state index in [9.17, 15) is 4.79 Å². The number of likely N-dealkylation sites (tertiary alicyclic amines) is 1. The van der Waals surface area contributed by atoms with Gasteiger partial charge in [-0.3, -0.25) is 14.5 Å². The number of carbonyl (C=O) groups is 1. The number of nitrogens with zero attached hydrogens (tertiary/aromatic N) is 5. The molecule has 3 heterocycles. The first-order chi connectivity index (χ1) is 12.3. The van der Waals surface area contributed by atoms with Crippen LogP contribution in [0.4, 0.5) is 0 Å². The van der Waals surface area contributed by atoms with Crippen molar-refractivity contribution >= 4 is 5.91 Å². The highest BCUT2D eigenvalue weighted by Crippen LogP contribution is 2.26. The zero-order valence-corrected chi connectivity index (χ0v) is 16.4. The third kappa shape index (κ3) is 3.94. The molecule has 0 aliphatic carbocycles. The maximum atomic E-state index is 12.5. The second kappa shape index (κ2) is 7.17. The van der Waals surface area contributed by atoms with Gasteiger partial charge in [-0.05, 0) is 38.7 Å². The Morgan fingerprint density at radius 3 is 2.77 bits per heavy atom. The minimum Gasteiger partial charge on any atom is -0.342 e. The van der Waals surface area contributed by atoms with Crippen LogP contribution in [0.1, 0.15) is 52.8 Å². The van der Waals surface area contributed by atoms with Crippen molar-refractivity contribution in [1.29, 1.82) is 0 Å². The Bertz CT molecular complexity index is 775. The molecule has 1 fully saturated rings. The van der Waals surface area contributed by atoms with Crippen molar-refractivity contribution < 1.29 is 4.79 Å². The van der Waals surface area contributed by atoms with E-state index < -0.39 is 0 Å². The van der Waals surface area contributed by atoms with Crippen molar-refractivity contribution in [2.45, 2.75) is 53.5 Å². The second-order valence-corrected chi connectivity index (χ2v) is 8.51. The van der Waals surface area contributed by atoms with Gasteiger partial charge < -0.3 is 4.90 Å². The highest BCUT2D eigenvalue weighted by Gasteiger charge is 2.32. The topological polar surface area (TPSA) is 63.9 Å². The molecule has 0 N–H and O–H groups in total. The lowest BCUT2D eigenvalue weighted by molar-refractivity contribution is -0.138. The van der Waals surface area contributed by atoms with E-state index in [0.717, 1.165) is 43.0 Å². The van der Waals surface area contributed by atoms with Crippen LogP contribution in [0.3, 0.4) is 0 Å². The summed E-state index contributed by atoms with van der Waals surface area (Å²) in [6.45, 7) is 11.8. The van der Waals surface area contributed by atoms with Crippen molar-refractivity contribution in [2.24, 2.45) is 11.3 Å². The lowest BCUT2D eigenvalue weighted by Crippen LogP contribution is -2.38. The first-order valence-corrected chi connectivity index (χ1v) is 9.40. The molecule has 1 amide bonds. The van der Waals surface area contributed by atoms with E-state index in [1.165, 1.54) is 0 Å². The summed E-state index contributed by atoms with van der Waals surface area (Å²) in [5.41, 5.74) is 2.51. The van der Waals surface area contributed by atoms with Gasteiger partial charge in [0.15, 0.2) is 0 Å². The molecule has 1 atom stereocenters. The molecule has 1 aliphatic rings. The first-order valence-electron chi connectivity index (χ1n) is 9.40. The molecule has 2 aromatic rings. The fourth-order valence-electron chi connectivity index (χ4n) is 3.51. The normalized spacial score (nSPS) is 17.9. The molecule has 0 bridgehead atoms. The zero-order chi connectivity index (χ0) is 18.9.